The summed E-state index contributed by atoms with van der Waals surface area (Å²) in [5, 5.41) is 11.6. The second-order valence-corrected chi connectivity index (χ2v) is 7.86. The Morgan fingerprint density at radius 1 is 1.07 bits per heavy atom. The molecule has 0 aliphatic heterocycles. The van der Waals surface area contributed by atoms with Gasteiger partial charge in [0.15, 0.2) is 0 Å². The minimum Gasteiger partial charge on any atom is -0.480 e. The molecule has 0 unspecified atom stereocenters. The lowest BCUT2D eigenvalue weighted by atomic mass is 9.89. The van der Waals surface area contributed by atoms with Crippen LogP contribution in [0.5, 0.6) is 0 Å². The molecule has 1 aromatic rings. The van der Waals surface area contributed by atoms with E-state index in [4.69, 9.17) is 5.11 Å². The number of ketones is 1. The lowest BCUT2D eigenvalue weighted by Gasteiger charge is -2.25. The maximum Gasteiger partial charge on any atom is 0.416 e. The first kappa shape index (κ1) is 23.7. The Morgan fingerprint density at radius 2 is 1.61 bits per heavy atom. The molecule has 0 aromatic heterocycles. The van der Waals surface area contributed by atoms with E-state index in [0.29, 0.717) is 12.0 Å². The quantitative estimate of drug-likeness (QED) is 0.658. The van der Waals surface area contributed by atoms with Gasteiger partial charge in [-0.2, -0.15) is 13.2 Å². The molecule has 0 fully saturated rings. The van der Waals surface area contributed by atoms with Gasteiger partial charge in [-0.25, -0.2) is 4.79 Å². The number of hydrogen-bond donors (Lipinski definition) is 2. The molecule has 1 aromatic carbocycles. The number of carboxylic acids is 1. The number of benzene rings is 1. The number of carbonyl (C=O) groups is 3. The first-order chi connectivity index (χ1) is 12.7. The van der Waals surface area contributed by atoms with E-state index >= 15 is 0 Å². The fourth-order valence-electron chi connectivity index (χ4n) is 2.70. The van der Waals surface area contributed by atoms with Crippen molar-refractivity contribution in [3.05, 3.63) is 35.4 Å². The molecule has 0 spiro atoms. The largest absolute Gasteiger partial charge is 0.480 e. The topological polar surface area (TPSA) is 83.5 Å². The van der Waals surface area contributed by atoms with Crippen molar-refractivity contribution in [1.82, 2.24) is 5.32 Å². The number of rotatable bonds is 9. The van der Waals surface area contributed by atoms with Crippen molar-refractivity contribution in [2.45, 2.75) is 58.7 Å². The molecule has 0 bridgehead atoms. The van der Waals surface area contributed by atoms with Crippen molar-refractivity contribution in [1.29, 1.82) is 0 Å². The highest BCUT2D eigenvalue weighted by Crippen LogP contribution is 2.29. The summed E-state index contributed by atoms with van der Waals surface area (Å²) in [5.41, 5.74) is -1.84. The van der Waals surface area contributed by atoms with Crippen molar-refractivity contribution >= 4 is 17.7 Å². The van der Waals surface area contributed by atoms with Crippen LogP contribution in [0.4, 0.5) is 13.2 Å². The van der Waals surface area contributed by atoms with Crippen molar-refractivity contribution < 1.29 is 32.7 Å². The average Bonchev–Trinajstić information content (AvgIpc) is 2.52. The summed E-state index contributed by atoms with van der Waals surface area (Å²) in [6.45, 7) is 6.46. The van der Waals surface area contributed by atoms with Gasteiger partial charge in [-0.1, -0.05) is 26.0 Å². The molecule has 2 N–H and O–H groups in total. The number of nitrogens with one attached hydrogen (secondary N) is 1. The Labute approximate surface area is 162 Å². The van der Waals surface area contributed by atoms with Crippen LogP contribution in [0.2, 0.25) is 0 Å². The van der Waals surface area contributed by atoms with Crippen molar-refractivity contribution in [3.8, 4) is 0 Å². The molecular weight excluding hydrogens is 375 g/mol. The molecule has 0 saturated carbocycles. The molecule has 1 atom stereocenters. The number of Topliss-reactive ketones (excluding diaryl/α,β-unsaturated/α-hetero) is 1. The number of hydrogen-bond acceptors (Lipinski definition) is 3. The van der Waals surface area contributed by atoms with Crippen LogP contribution in [-0.2, 0) is 27.0 Å². The zero-order chi connectivity index (χ0) is 21.7. The zero-order valence-corrected chi connectivity index (χ0v) is 16.4. The van der Waals surface area contributed by atoms with Gasteiger partial charge in [-0.3, -0.25) is 9.59 Å². The second kappa shape index (κ2) is 9.21. The number of amides is 1. The molecule has 1 rings (SSSR count). The van der Waals surface area contributed by atoms with E-state index in [1.165, 1.54) is 26.0 Å². The van der Waals surface area contributed by atoms with E-state index in [-0.39, 0.29) is 24.5 Å². The predicted octanol–water partition coefficient (Wildman–Crippen LogP) is 3.85. The van der Waals surface area contributed by atoms with Crippen LogP contribution < -0.4 is 5.32 Å². The molecule has 5 nitrogen and oxygen atoms in total. The molecule has 0 aliphatic rings. The number of aliphatic carboxylic acids is 1. The Bertz CT molecular complexity index is 709. The van der Waals surface area contributed by atoms with E-state index in [1.807, 2.05) is 13.8 Å². The third-order valence-electron chi connectivity index (χ3n) is 4.25. The maximum atomic E-state index is 12.6. The standard InChI is InChI=1S/C20H26F3NO4/c1-12(2)9-14(17(26)24-19(3,4)18(27)28)11-16(25)10-13-5-7-15(8-6-13)20(21,22)23/h5-8,12,14H,9-11H2,1-4H3,(H,24,26)(H,27,28)/t14-/m1/s1. The minimum absolute atomic E-state index is 0.0949. The average molecular weight is 401 g/mol. The van der Waals surface area contributed by atoms with E-state index in [1.54, 1.807) is 0 Å². The Hall–Kier alpha value is -2.38. The van der Waals surface area contributed by atoms with Crippen molar-refractivity contribution in [3.63, 3.8) is 0 Å². The third kappa shape index (κ3) is 7.32. The summed E-state index contributed by atoms with van der Waals surface area (Å²) in [5.74, 6) is -2.63. The molecule has 0 aliphatic carbocycles. The zero-order valence-electron chi connectivity index (χ0n) is 16.4. The van der Waals surface area contributed by atoms with Crippen LogP contribution in [0.3, 0.4) is 0 Å². The minimum atomic E-state index is -4.44. The van der Waals surface area contributed by atoms with Gasteiger partial charge in [0, 0.05) is 18.8 Å². The van der Waals surface area contributed by atoms with Gasteiger partial charge in [0.05, 0.1) is 5.56 Å². The fraction of sp³-hybridized carbons (Fsp3) is 0.550. The highest BCUT2D eigenvalue weighted by molar-refractivity contribution is 5.91. The van der Waals surface area contributed by atoms with Crippen LogP contribution in [0.15, 0.2) is 24.3 Å². The van der Waals surface area contributed by atoms with Crippen LogP contribution in [-0.4, -0.2) is 28.3 Å². The van der Waals surface area contributed by atoms with E-state index in [2.05, 4.69) is 5.32 Å². The SMILES string of the molecule is CC(C)C[C@H](CC(=O)Cc1ccc(C(F)(F)F)cc1)C(=O)NC(C)(C)C(=O)O. The molecule has 1 amide bonds. The first-order valence-corrected chi connectivity index (χ1v) is 8.95. The van der Waals surface area contributed by atoms with Gasteiger partial charge >= 0.3 is 12.1 Å². The monoisotopic (exact) mass is 401 g/mol. The number of halogens is 3. The summed E-state index contributed by atoms with van der Waals surface area (Å²) < 4.78 is 37.8. The lowest BCUT2D eigenvalue weighted by Crippen LogP contribution is -2.51. The summed E-state index contributed by atoms with van der Waals surface area (Å²) in [6.07, 6.45) is -4.26. The maximum absolute atomic E-state index is 12.6. The fourth-order valence-corrected chi connectivity index (χ4v) is 2.70. The van der Waals surface area contributed by atoms with Gasteiger partial charge in [0.25, 0.3) is 0 Å². The first-order valence-electron chi connectivity index (χ1n) is 8.95. The summed E-state index contributed by atoms with van der Waals surface area (Å²) in [7, 11) is 0. The molecule has 8 heteroatoms. The summed E-state index contributed by atoms with van der Waals surface area (Å²) in [4.78, 5) is 36.1. The Balaban J connectivity index is 2.81. The van der Waals surface area contributed by atoms with Crippen LogP contribution in [0, 0.1) is 11.8 Å². The molecule has 0 heterocycles. The molecule has 156 valence electrons. The smallest absolute Gasteiger partial charge is 0.416 e. The summed E-state index contributed by atoms with van der Waals surface area (Å²) in [6, 6.07) is 4.31. The molecule has 0 saturated heterocycles. The van der Waals surface area contributed by atoms with Crippen LogP contribution in [0.25, 0.3) is 0 Å². The van der Waals surface area contributed by atoms with Gasteiger partial charge in [-0.15, -0.1) is 0 Å². The highest BCUT2D eigenvalue weighted by Gasteiger charge is 2.33. The second-order valence-electron chi connectivity index (χ2n) is 7.86. The van der Waals surface area contributed by atoms with Gasteiger partial charge in [-0.05, 0) is 43.9 Å². The van der Waals surface area contributed by atoms with E-state index < -0.39 is 35.1 Å². The normalized spacial score (nSPS) is 13.3. The molecule has 28 heavy (non-hydrogen) atoms. The lowest BCUT2D eigenvalue weighted by molar-refractivity contribution is -0.147. The van der Waals surface area contributed by atoms with Crippen molar-refractivity contribution in [2.24, 2.45) is 11.8 Å². The van der Waals surface area contributed by atoms with Crippen LogP contribution >= 0.6 is 0 Å². The van der Waals surface area contributed by atoms with Crippen LogP contribution in [0.1, 0.15) is 51.7 Å². The van der Waals surface area contributed by atoms with E-state index in [0.717, 1.165) is 12.1 Å². The van der Waals surface area contributed by atoms with Gasteiger partial charge in [0.1, 0.15) is 11.3 Å². The number of carboxylic acid groups (broad SMARTS) is 1. The molecular formula is C20H26F3NO4. The Morgan fingerprint density at radius 3 is 2.04 bits per heavy atom. The number of carbonyl (C=O) groups excluding carboxylic acids is 2. The van der Waals surface area contributed by atoms with Crippen molar-refractivity contribution in [2.75, 3.05) is 0 Å². The third-order valence-corrected chi connectivity index (χ3v) is 4.25. The number of alkyl halides is 3. The van der Waals surface area contributed by atoms with E-state index in [9.17, 15) is 27.6 Å². The van der Waals surface area contributed by atoms with Gasteiger partial charge < -0.3 is 10.4 Å². The molecule has 0 radical (unpaired) electrons. The Kier molecular flexibility index (Phi) is 7.78. The predicted molar refractivity (Wildman–Crippen MR) is 97.6 cm³/mol. The van der Waals surface area contributed by atoms with Gasteiger partial charge in [0.2, 0.25) is 5.91 Å². The summed E-state index contributed by atoms with van der Waals surface area (Å²) >= 11 is 0. The highest BCUT2D eigenvalue weighted by atomic mass is 19.4.